The fourth-order valence-corrected chi connectivity index (χ4v) is 2.49. The summed E-state index contributed by atoms with van der Waals surface area (Å²) in [5.41, 5.74) is 3.23. The Morgan fingerprint density at radius 1 is 1.30 bits per heavy atom. The summed E-state index contributed by atoms with van der Waals surface area (Å²) in [6, 6.07) is 8.94. The molecule has 0 unspecified atom stereocenters. The molecule has 0 atom stereocenters. The number of thioether (sulfide) groups is 1. The standard InChI is InChI=1S/C13H17N3O2S2/c1-13(2,3)20(17,18)12(9-14)16-15-10-5-7-11(19-4)8-6-10/h5-8,15H,1-4H3/b16-12-. The van der Waals surface area contributed by atoms with Crippen LogP contribution in [0.2, 0.25) is 0 Å². The summed E-state index contributed by atoms with van der Waals surface area (Å²) in [5.74, 6) is 0. The Balaban J connectivity index is 3.00. The van der Waals surface area contributed by atoms with Gasteiger partial charge < -0.3 is 0 Å². The summed E-state index contributed by atoms with van der Waals surface area (Å²) in [6.45, 7) is 4.59. The van der Waals surface area contributed by atoms with Gasteiger partial charge in [0.25, 0.3) is 5.04 Å². The van der Waals surface area contributed by atoms with Crippen LogP contribution >= 0.6 is 11.8 Å². The summed E-state index contributed by atoms with van der Waals surface area (Å²) in [4.78, 5) is 1.09. The molecule has 1 rings (SSSR count). The highest BCUT2D eigenvalue weighted by Crippen LogP contribution is 2.19. The third-order valence-corrected chi connectivity index (χ3v) is 5.58. The van der Waals surface area contributed by atoms with Gasteiger partial charge in [-0.1, -0.05) is 0 Å². The van der Waals surface area contributed by atoms with Crippen LogP contribution in [-0.4, -0.2) is 24.5 Å². The maximum absolute atomic E-state index is 12.1. The van der Waals surface area contributed by atoms with Crippen molar-refractivity contribution >= 4 is 32.3 Å². The van der Waals surface area contributed by atoms with Crippen LogP contribution in [0.5, 0.6) is 0 Å². The van der Waals surface area contributed by atoms with Gasteiger partial charge in [-0.3, -0.25) is 5.43 Å². The second kappa shape index (κ2) is 6.29. The van der Waals surface area contributed by atoms with E-state index >= 15 is 0 Å². The van der Waals surface area contributed by atoms with Crippen LogP contribution in [0.1, 0.15) is 20.8 Å². The number of hydrazone groups is 1. The number of benzene rings is 1. The number of rotatable bonds is 3. The molecule has 0 saturated carbocycles. The molecular formula is C13H17N3O2S2. The van der Waals surface area contributed by atoms with Gasteiger partial charge in [-0.25, -0.2) is 8.42 Å². The number of nitriles is 1. The summed E-state index contributed by atoms with van der Waals surface area (Å²) in [6.07, 6.45) is 1.96. The Morgan fingerprint density at radius 2 is 1.85 bits per heavy atom. The SMILES string of the molecule is CSc1ccc(N/N=C(/C#N)S(=O)(=O)C(C)(C)C)cc1. The molecule has 0 aliphatic heterocycles. The van der Waals surface area contributed by atoms with Gasteiger partial charge in [0, 0.05) is 4.90 Å². The van der Waals surface area contributed by atoms with Crippen LogP contribution in [0.25, 0.3) is 0 Å². The van der Waals surface area contributed by atoms with Gasteiger partial charge in [-0.05, 0) is 51.3 Å². The third kappa shape index (κ3) is 3.74. The molecule has 0 spiro atoms. The van der Waals surface area contributed by atoms with Gasteiger partial charge in [-0.15, -0.1) is 11.8 Å². The van der Waals surface area contributed by atoms with Gasteiger partial charge in [0.05, 0.1) is 10.4 Å². The minimum Gasteiger partial charge on any atom is -0.277 e. The van der Waals surface area contributed by atoms with Crippen LogP contribution in [-0.2, 0) is 9.84 Å². The number of hydrogen-bond donors (Lipinski definition) is 1. The Morgan fingerprint density at radius 3 is 2.25 bits per heavy atom. The molecule has 1 N–H and O–H groups in total. The summed E-state index contributed by atoms with van der Waals surface area (Å²) < 4.78 is 23.2. The topological polar surface area (TPSA) is 82.3 Å². The van der Waals surface area contributed by atoms with E-state index in [0.717, 1.165) is 4.90 Å². The fourth-order valence-electron chi connectivity index (χ4n) is 1.22. The normalized spacial score (nSPS) is 12.8. The monoisotopic (exact) mass is 311 g/mol. The van der Waals surface area contributed by atoms with Gasteiger partial charge in [0.15, 0.2) is 0 Å². The zero-order chi connectivity index (χ0) is 15.4. The lowest BCUT2D eigenvalue weighted by Gasteiger charge is -2.17. The van der Waals surface area contributed by atoms with E-state index in [1.54, 1.807) is 30.0 Å². The molecule has 0 amide bonds. The lowest BCUT2D eigenvalue weighted by molar-refractivity contribution is 0.573. The average molecular weight is 311 g/mol. The maximum Gasteiger partial charge on any atom is 0.252 e. The molecule has 0 saturated heterocycles. The van der Waals surface area contributed by atoms with Crippen molar-refractivity contribution < 1.29 is 8.42 Å². The number of nitrogens with one attached hydrogen (secondary N) is 1. The second-order valence-electron chi connectivity index (χ2n) is 4.98. The quantitative estimate of drug-likeness (QED) is 0.402. The molecule has 1 aromatic carbocycles. The first-order valence-electron chi connectivity index (χ1n) is 5.85. The van der Waals surface area contributed by atoms with Crippen molar-refractivity contribution in [2.75, 3.05) is 11.7 Å². The Labute approximate surface area is 124 Å². The highest BCUT2D eigenvalue weighted by Gasteiger charge is 2.34. The van der Waals surface area contributed by atoms with Crippen LogP contribution in [0.15, 0.2) is 34.3 Å². The van der Waals surface area contributed by atoms with E-state index in [2.05, 4.69) is 10.5 Å². The van der Waals surface area contributed by atoms with Crippen molar-refractivity contribution in [3.8, 4) is 6.07 Å². The first-order valence-corrected chi connectivity index (χ1v) is 8.55. The zero-order valence-corrected chi connectivity index (χ0v) is 13.5. The van der Waals surface area contributed by atoms with Crippen LogP contribution in [0.4, 0.5) is 5.69 Å². The van der Waals surface area contributed by atoms with Crippen LogP contribution < -0.4 is 5.43 Å². The smallest absolute Gasteiger partial charge is 0.252 e. The zero-order valence-electron chi connectivity index (χ0n) is 11.8. The van der Waals surface area contributed by atoms with Crippen molar-refractivity contribution in [1.29, 1.82) is 5.26 Å². The Hall–Kier alpha value is -1.52. The molecule has 0 aliphatic carbocycles. The predicted molar refractivity (Wildman–Crippen MR) is 83.6 cm³/mol. The first-order chi connectivity index (χ1) is 9.22. The van der Waals surface area contributed by atoms with Crippen molar-refractivity contribution in [3.05, 3.63) is 24.3 Å². The van der Waals surface area contributed by atoms with E-state index in [4.69, 9.17) is 5.26 Å². The predicted octanol–water partition coefficient (Wildman–Crippen LogP) is 2.87. The third-order valence-electron chi connectivity index (χ3n) is 2.53. The fraction of sp³-hybridized carbons (Fsp3) is 0.385. The minimum atomic E-state index is -3.75. The minimum absolute atomic E-state index is 0.515. The van der Waals surface area contributed by atoms with Crippen molar-refractivity contribution in [2.45, 2.75) is 30.4 Å². The van der Waals surface area contributed by atoms with E-state index in [9.17, 15) is 8.42 Å². The summed E-state index contributed by atoms with van der Waals surface area (Å²) in [7, 11) is -3.75. The van der Waals surface area contributed by atoms with E-state index < -0.39 is 19.6 Å². The molecule has 0 bridgehead atoms. The van der Waals surface area contributed by atoms with Crippen LogP contribution in [0, 0.1) is 11.3 Å². The Kier molecular flexibility index (Phi) is 5.20. The van der Waals surface area contributed by atoms with Gasteiger partial charge in [0.1, 0.15) is 6.07 Å². The second-order valence-corrected chi connectivity index (χ2v) is 8.48. The molecule has 0 radical (unpaired) electrons. The highest BCUT2D eigenvalue weighted by atomic mass is 32.2. The molecule has 0 aromatic heterocycles. The van der Waals surface area contributed by atoms with Crippen molar-refractivity contribution in [3.63, 3.8) is 0 Å². The number of hydrogen-bond acceptors (Lipinski definition) is 6. The van der Waals surface area contributed by atoms with Crippen LogP contribution in [0.3, 0.4) is 0 Å². The van der Waals surface area contributed by atoms with E-state index in [1.807, 2.05) is 18.4 Å². The molecule has 20 heavy (non-hydrogen) atoms. The van der Waals surface area contributed by atoms with Crippen molar-refractivity contribution in [2.24, 2.45) is 5.10 Å². The number of anilines is 1. The molecule has 5 nitrogen and oxygen atoms in total. The van der Waals surface area contributed by atoms with E-state index in [-0.39, 0.29) is 0 Å². The summed E-state index contributed by atoms with van der Waals surface area (Å²) in [5, 5.41) is 12.2. The molecule has 7 heteroatoms. The largest absolute Gasteiger partial charge is 0.277 e. The molecule has 0 aliphatic rings. The number of nitrogens with zero attached hydrogens (tertiary/aromatic N) is 2. The summed E-state index contributed by atoms with van der Waals surface area (Å²) >= 11 is 1.60. The number of sulfone groups is 1. The average Bonchev–Trinajstić information content (AvgIpc) is 2.38. The lowest BCUT2D eigenvalue weighted by Crippen LogP contribution is -2.34. The van der Waals surface area contributed by atoms with E-state index in [0.29, 0.717) is 5.69 Å². The molecule has 108 valence electrons. The lowest BCUT2D eigenvalue weighted by atomic mass is 10.3. The molecule has 0 heterocycles. The maximum atomic E-state index is 12.1. The van der Waals surface area contributed by atoms with Gasteiger partial charge in [-0.2, -0.15) is 10.4 Å². The molecule has 1 aromatic rings. The van der Waals surface area contributed by atoms with Crippen molar-refractivity contribution in [1.82, 2.24) is 0 Å². The molecular weight excluding hydrogens is 294 g/mol. The Bertz CT molecular complexity index is 636. The van der Waals surface area contributed by atoms with E-state index in [1.165, 1.54) is 20.8 Å². The highest BCUT2D eigenvalue weighted by molar-refractivity contribution is 8.08. The first kappa shape index (κ1) is 16.5. The van der Waals surface area contributed by atoms with Gasteiger partial charge in [0.2, 0.25) is 9.84 Å². The molecule has 0 fully saturated rings. The van der Waals surface area contributed by atoms with Gasteiger partial charge >= 0.3 is 0 Å².